The quantitative estimate of drug-likeness (QED) is 0.297. The topological polar surface area (TPSA) is 76.9 Å². The molecule has 0 aliphatic heterocycles. The van der Waals surface area contributed by atoms with Crippen molar-refractivity contribution in [2.24, 2.45) is 0 Å². The molecule has 4 rings (SSSR count). The van der Waals surface area contributed by atoms with Gasteiger partial charge in [-0.3, -0.25) is 14.2 Å². The van der Waals surface area contributed by atoms with E-state index in [0.29, 0.717) is 27.4 Å². The lowest BCUT2D eigenvalue weighted by Crippen LogP contribution is -2.23. The van der Waals surface area contributed by atoms with Gasteiger partial charge in [0.25, 0.3) is 5.56 Å². The molecule has 0 aliphatic rings. The van der Waals surface area contributed by atoms with Crippen molar-refractivity contribution >= 4 is 45.9 Å². The molecule has 2 heterocycles. The average Bonchev–Trinajstić information content (AvgIpc) is 2.75. The zero-order chi connectivity index (χ0) is 20.2. The lowest BCUT2D eigenvalue weighted by Gasteiger charge is -2.13. The summed E-state index contributed by atoms with van der Waals surface area (Å²) in [5.41, 5.74) is 1.53. The lowest BCUT2D eigenvalue weighted by atomic mass is 10.2. The fourth-order valence-electron chi connectivity index (χ4n) is 2.81. The minimum absolute atomic E-state index is 0.0584. The number of pyridine rings is 1. The highest BCUT2D eigenvalue weighted by atomic mass is 35.5. The third-order valence-corrected chi connectivity index (χ3v) is 5.36. The number of benzene rings is 2. The number of hydrogen-bond donors (Lipinski definition) is 1. The highest BCUT2D eigenvalue weighted by Gasteiger charge is 2.15. The molecule has 1 N–H and O–H groups in total. The highest BCUT2D eigenvalue weighted by Crippen LogP contribution is 2.22. The van der Waals surface area contributed by atoms with E-state index >= 15 is 0 Å². The Morgan fingerprint density at radius 3 is 2.59 bits per heavy atom. The Hall–Kier alpha value is -3.16. The predicted molar refractivity (Wildman–Crippen MR) is 116 cm³/mol. The molecular formula is C21H15ClN4O2S. The van der Waals surface area contributed by atoms with Crippen molar-refractivity contribution in [1.82, 2.24) is 14.5 Å². The van der Waals surface area contributed by atoms with Crippen LogP contribution in [0, 0.1) is 0 Å². The van der Waals surface area contributed by atoms with E-state index in [1.807, 2.05) is 36.4 Å². The summed E-state index contributed by atoms with van der Waals surface area (Å²) in [5.74, 6) is -0.213. The molecule has 0 spiro atoms. The number of carbonyl (C=O) groups is 1. The van der Waals surface area contributed by atoms with E-state index in [1.165, 1.54) is 16.3 Å². The van der Waals surface area contributed by atoms with Crippen LogP contribution in [0.2, 0.25) is 5.15 Å². The van der Waals surface area contributed by atoms with Crippen LogP contribution in [0.25, 0.3) is 16.6 Å². The first-order valence-corrected chi connectivity index (χ1v) is 10.1. The minimum Gasteiger partial charge on any atom is -0.323 e. The van der Waals surface area contributed by atoms with Gasteiger partial charge in [0, 0.05) is 6.20 Å². The Bertz CT molecular complexity index is 1240. The zero-order valence-electron chi connectivity index (χ0n) is 15.1. The number of nitrogens with one attached hydrogen (secondary N) is 1. The van der Waals surface area contributed by atoms with Crippen LogP contribution in [0.1, 0.15) is 0 Å². The molecule has 2 aromatic heterocycles. The van der Waals surface area contributed by atoms with Gasteiger partial charge in [-0.1, -0.05) is 53.7 Å². The molecule has 6 nitrogen and oxygen atoms in total. The molecule has 4 aromatic rings. The molecule has 0 saturated carbocycles. The smallest absolute Gasteiger partial charge is 0.266 e. The van der Waals surface area contributed by atoms with Crippen LogP contribution in [0.5, 0.6) is 0 Å². The number of aromatic nitrogens is 3. The van der Waals surface area contributed by atoms with Crippen LogP contribution in [-0.4, -0.2) is 26.2 Å². The summed E-state index contributed by atoms with van der Waals surface area (Å²) >= 11 is 7.17. The molecule has 0 atom stereocenters. The van der Waals surface area contributed by atoms with Crippen molar-refractivity contribution in [2.45, 2.75) is 5.16 Å². The monoisotopic (exact) mass is 422 g/mol. The molecular weight excluding hydrogens is 408 g/mol. The Kier molecular flexibility index (Phi) is 5.59. The molecule has 0 radical (unpaired) electrons. The summed E-state index contributed by atoms with van der Waals surface area (Å²) in [7, 11) is 0. The number of thioether (sulfide) groups is 1. The maximum Gasteiger partial charge on any atom is 0.266 e. The van der Waals surface area contributed by atoms with Crippen molar-refractivity contribution < 1.29 is 4.79 Å². The zero-order valence-corrected chi connectivity index (χ0v) is 16.7. The fourth-order valence-corrected chi connectivity index (χ4v) is 3.79. The van der Waals surface area contributed by atoms with E-state index in [0.717, 1.165) is 0 Å². The maximum atomic E-state index is 13.1. The number of carbonyl (C=O) groups excluding carboxylic acids is 1. The Morgan fingerprint density at radius 2 is 1.79 bits per heavy atom. The van der Waals surface area contributed by atoms with E-state index < -0.39 is 0 Å². The summed E-state index contributed by atoms with van der Waals surface area (Å²) in [6, 6.07) is 19.8. The molecule has 0 unspecified atom stereocenters. The molecule has 0 aliphatic carbocycles. The van der Waals surface area contributed by atoms with E-state index in [2.05, 4.69) is 15.3 Å². The molecule has 0 bridgehead atoms. The largest absolute Gasteiger partial charge is 0.323 e. The summed E-state index contributed by atoms with van der Waals surface area (Å²) in [6.45, 7) is 0. The summed E-state index contributed by atoms with van der Waals surface area (Å²) in [5, 5.41) is 3.90. The van der Waals surface area contributed by atoms with Crippen LogP contribution < -0.4 is 10.9 Å². The molecule has 8 heteroatoms. The number of nitrogens with zero attached hydrogens (tertiary/aromatic N) is 3. The first-order chi connectivity index (χ1) is 14.1. The standard InChI is InChI=1S/C21H15ClN4O2S/c22-19-17(11-6-12-23-19)24-18(27)13-29-21-25-16-10-5-4-9-15(16)20(28)26(21)14-7-2-1-3-8-14/h1-12H,13H2,(H,24,27). The normalized spacial score (nSPS) is 10.8. The maximum absolute atomic E-state index is 13.1. The second-order valence-electron chi connectivity index (χ2n) is 6.07. The first-order valence-electron chi connectivity index (χ1n) is 8.74. The SMILES string of the molecule is O=C(CSc1nc2ccccc2c(=O)n1-c1ccccc1)Nc1cccnc1Cl. The number of para-hydroxylation sites is 2. The summed E-state index contributed by atoms with van der Waals surface area (Å²) in [4.78, 5) is 34.1. The Morgan fingerprint density at radius 1 is 1.03 bits per heavy atom. The minimum atomic E-state index is -0.271. The van der Waals surface area contributed by atoms with E-state index in [9.17, 15) is 9.59 Å². The number of fused-ring (bicyclic) bond motifs is 1. The molecule has 144 valence electrons. The number of hydrogen-bond acceptors (Lipinski definition) is 5. The third kappa shape index (κ3) is 4.16. The number of anilines is 1. The van der Waals surface area contributed by atoms with Gasteiger partial charge in [0.1, 0.15) is 0 Å². The van der Waals surface area contributed by atoms with Crippen molar-refractivity contribution in [1.29, 1.82) is 0 Å². The predicted octanol–water partition coefficient (Wildman–Crippen LogP) is 4.16. The number of amides is 1. The lowest BCUT2D eigenvalue weighted by molar-refractivity contribution is -0.113. The third-order valence-electron chi connectivity index (χ3n) is 4.12. The second-order valence-corrected chi connectivity index (χ2v) is 7.37. The summed E-state index contributed by atoms with van der Waals surface area (Å²) in [6.07, 6.45) is 1.55. The van der Waals surface area contributed by atoms with Crippen molar-refractivity contribution in [3.63, 3.8) is 0 Å². The van der Waals surface area contributed by atoms with E-state index in [1.54, 1.807) is 36.5 Å². The van der Waals surface area contributed by atoms with Gasteiger partial charge in [-0.2, -0.15) is 0 Å². The van der Waals surface area contributed by atoms with E-state index in [4.69, 9.17) is 11.6 Å². The van der Waals surface area contributed by atoms with Crippen molar-refractivity contribution in [3.8, 4) is 5.69 Å². The van der Waals surface area contributed by atoms with Gasteiger partial charge < -0.3 is 5.32 Å². The highest BCUT2D eigenvalue weighted by molar-refractivity contribution is 7.99. The molecule has 2 aromatic carbocycles. The van der Waals surface area contributed by atoms with Gasteiger partial charge in [0.05, 0.1) is 28.0 Å². The fraction of sp³-hybridized carbons (Fsp3) is 0.0476. The van der Waals surface area contributed by atoms with Gasteiger partial charge in [-0.05, 0) is 36.4 Å². The van der Waals surface area contributed by atoms with Crippen LogP contribution in [-0.2, 0) is 4.79 Å². The van der Waals surface area contributed by atoms with Crippen molar-refractivity contribution in [2.75, 3.05) is 11.1 Å². The number of halogens is 1. The van der Waals surface area contributed by atoms with Crippen molar-refractivity contribution in [3.05, 3.63) is 88.4 Å². The van der Waals surface area contributed by atoms with Gasteiger partial charge >= 0.3 is 0 Å². The van der Waals surface area contributed by atoms with Gasteiger partial charge in [-0.15, -0.1) is 0 Å². The van der Waals surface area contributed by atoms with Crippen LogP contribution in [0.4, 0.5) is 5.69 Å². The number of rotatable bonds is 5. The first kappa shape index (κ1) is 19.2. The second kappa shape index (κ2) is 8.46. The average molecular weight is 423 g/mol. The van der Waals surface area contributed by atoms with Gasteiger partial charge in [0.2, 0.25) is 5.91 Å². The molecule has 0 fully saturated rings. The molecule has 1 amide bonds. The van der Waals surface area contributed by atoms with E-state index in [-0.39, 0.29) is 22.4 Å². The van der Waals surface area contributed by atoms with Gasteiger partial charge in [-0.25, -0.2) is 9.97 Å². The Labute approximate surface area is 175 Å². The van der Waals surface area contributed by atoms with Crippen LogP contribution in [0.3, 0.4) is 0 Å². The van der Waals surface area contributed by atoms with Crippen LogP contribution in [0.15, 0.2) is 82.9 Å². The molecule has 0 saturated heterocycles. The Balaban J connectivity index is 1.67. The van der Waals surface area contributed by atoms with Gasteiger partial charge in [0.15, 0.2) is 10.3 Å². The van der Waals surface area contributed by atoms with Crippen LogP contribution >= 0.6 is 23.4 Å². The summed E-state index contributed by atoms with van der Waals surface area (Å²) < 4.78 is 1.53. The molecule has 29 heavy (non-hydrogen) atoms.